The molecular formula is C31H34N8O7. The number of anilines is 1. The molecule has 1 aliphatic carbocycles. The molecule has 4 amide bonds. The predicted octanol–water partition coefficient (Wildman–Crippen LogP) is 3.01. The molecule has 240 valence electrons. The zero-order chi connectivity index (χ0) is 32.6. The maximum absolute atomic E-state index is 13.1. The van der Waals surface area contributed by atoms with Crippen molar-refractivity contribution in [3.05, 3.63) is 72.0 Å². The number of aliphatic hydroxyl groups excluding tert-OH is 1. The zero-order valence-electron chi connectivity index (χ0n) is 25.1. The predicted molar refractivity (Wildman–Crippen MR) is 164 cm³/mol. The molecule has 1 aliphatic rings. The fourth-order valence-electron chi connectivity index (χ4n) is 4.47. The number of rotatable bonds is 14. The first-order chi connectivity index (χ1) is 22.2. The summed E-state index contributed by atoms with van der Waals surface area (Å²) >= 11 is 0. The molecule has 1 fully saturated rings. The van der Waals surface area contributed by atoms with Crippen molar-refractivity contribution in [3.63, 3.8) is 0 Å². The number of benzene rings is 1. The number of nitrogens with two attached hydrogens (primary N) is 1. The van der Waals surface area contributed by atoms with E-state index >= 15 is 0 Å². The molecule has 0 spiro atoms. The van der Waals surface area contributed by atoms with E-state index in [0.29, 0.717) is 42.2 Å². The molecular weight excluding hydrogens is 596 g/mol. The van der Waals surface area contributed by atoms with Gasteiger partial charge in [0.05, 0.1) is 17.6 Å². The van der Waals surface area contributed by atoms with Gasteiger partial charge >= 0.3 is 6.09 Å². The van der Waals surface area contributed by atoms with Gasteiger partial charge in [0.15, 0.2) is 11.4 Å². The first kappa shape index (κ1) is 31.8. The van der Waals surface area contributed by atoms with Crippen molar-refractivity contribution in [1.29, 1.82) is 0 Å². The second kappa shape index (κ2) is 14.5. The Hall–Kier alpha value is -5.57. The summed E-state index contributed by atoms with van der Waals surface area (Å²) in [6.07, 6.45) is 7.84. The minimum atomic E-state index is -0.866. The molecule has 15 heteroatoms. The topological polar surface area (TPSA) is 208 Å². The van der Waals surface area contributed by atoms with E-state index in [2.05, 4.69) is 25.7 Å². The molecule has 0 bridgehead atoms. The highest BCUT2D eigenvalue weighted by Gasteiger charge is 2.23. The molecule has 46 heavy (non-hydrogen) atoms. The van der Waals surface area contributed by atoms with Gasteiger partial charge in [0, 0.05) is 50.1 Å². The lowest BCUT2D eigenvalue weighted by Gasteiger charge is -2.17. The van der Waals surface area contributed by atoms with Gasteiger partial charge in [-0.05, 0) is 68.4 Å². The molecule has 0 unspecified atom stereocenters. The number of carbonyl (C=O) groups is 4. The number of ether oxygens (including phenoxy) is 1. The number of nitrogens with zero attached hydrogens (tertiary/aromatic N) is 5. The van der Waals surface area contributed by atoms with Crippen molar-refractivity contribution >= 4 is 29.5 Å². The molecule has 5 rings (SSSR count). The number of aliphatic hydroxyl groups is 1. The SMILES string of the molecule is CN(CCCCCO)C(=O)c1ccc(-n2cc(NC(=O)c3coc(-c4ccnc(OC(=O)NCC5CC5)c4)n3)c(C(N)=O)n2)cc1. The number of primary amides is 1. The maximum Gasteiger partial charge on any atom is 0.413 e. The van der Waals surface area contributed by atoms with Gasteiger partial charge in [-0.2, -0.15) is 5.10 Å². The van der Waals surface area contributed by atoms with Gasteiger partial charge in [0.25, 0.3) is 17.7 Å². The molecule has 3 aromatic heterocycles. The van der Waals surface area contributed by atoms with E-state index < -0.39 is 17.9 Å². The Morgan fingerprint density at radius 2 is 1.91 bits per heavy atom. The quantitative estimate of drug-likeness (QED) is 0.150. The number of hydrogen-bond acceptors (Lipinski definition) is 10. The van der Waals surface area contributed by atoms with Crippen molar-refractivity contribution in [2.24, 2.45) is 11.7 Å². The summed E-state index contributed by atoms with van der Waals surface area (Å²) in [5.41, 5.74) is 6.70. The van der Waals surface area contributed by atoms with Crippen LogP contribution in [0.2, 0.25) is 0 Å². The number of aromatic nitrogens is 4. The first-order valence-corrected chi connectivity index (χ1v) is 14.8. The summed E-state index contributed by atoms with van der Waals surface area (Å²) in [4.78, 5) is 59.8. The molecule has 0 saturated heterocycles. The summed E-state index contributed by atoms with van der Waals surface area (Å²) < 4.78 is 12.1. The highest BCUT2D eigenvalue weighted by atomic mass is 16.6. The highest BCUT2D eigenvalue weighted by Crippen LogP contribution is 2.28. The normalized spacial score (nSPS) is 12.4. The van der Waals surface area contributed by atoms with Crippen molar-refractivity contribution in [2.45, 2.75) is 32.1 Å². The van der Waals surface area contributed by atoms with Crippen LogP contribution in [0.4, 0.5) is 10.5 Å². The van der Waals surface area contributed by atoms with E-state index in [1.54, 1.807) is 42.3 Å². The van der Waals surface area contributed by atoms with Gasteiger partial charge in [0.2, 0.25) is 11.8 Å². The average Bonchev–Trinajstić information content (AvgIpc) is 3.57. The van der Waals surface area contributed by atoms with Crippen LogP contribution in [0.5, 0.6) is 5.88 Å². The molecule has 4 aromatic rings. The van der Waals surface area contributed by atoms with Gasteiger partial charge < -0.3 is 35.5 Å². The van der Waals surface area contributed by atoms with Crippen LogP contribution in [0.1, 0.15) is 63.4 Å². The van der Waals surface area contributed by atoms with E-state index in [4.69, 9.17) is 20.0 Å². The zero-order valence-corrected chi connectivity index (χ0v) is 25.1. The second-order valence-electron chi connectivity index (χ2n) is 10.8. The largest absolute Gasteiger partial charge is 0.444 e. The number of unbranched alkanes of at least 4 members (excludes halogenated alkanes) is 2. The molecule has 1 aromatic carbocycles. The van der Waals surface area contributed by atoms with E-state index in [1.807, 2.05) is 0 Å². The third-order valence-electron chi connectivity index (χ3n) is 7.22. The van der Waals surface area contributed by atoms with Gasteiger partial charge in [0.1, 0.15) is 6.26 Å². The highest BCUT2D eigenvalue weighted by molar-refractivity contribution is 6.07. The maximum atomic E-state index is 13.1. The Bertz CT molecular complexity index is 1710. The number of oxazole rings is 1. The van der Waals surface area contributed by atoms with Crippen LogP contribution in [0.25, 0.3) is 17.1 Å². The first-order valence-electron chi connectivity index (χ1n) is 14.8. The molecule has 3 heterocycles. The van der Waals surface area contributed by atoms with Gasteiger partial charge in [-0.3, -0.25) is 14.4 Å². The third kappa shape index (κ3) is 8.12. The van der Waals surface area contributed by atoms with Crippen LogP contribution >= 0.6 is 0 Å². The lowest BCUT2D eigenvalue weighted by atomic mass is 10.1. The molecule has 0 radical (unpaired) electrons. The van der Waals surface area contributed by atoms with Gasteiger partial charge in [-0.15, -0.1) is 0 Å². The Morgan fingerprint density at radius 3 is 2.63 bits per heavy atom. The van der Waals surface area contributed by atoms with Gasteiger partial charge in [-0.1, -0.05) is 0 Å². The summed E-state index contributed by atoms with van der Waals surface area (Å²) in [5, 5.41) is 18.4. The molecule has 15 nitrogen and oxygen atoms in total. The van der Waals surface area contributed by atoms with Crippen molar-refractivity contribution in [2.75, 3.05) is 32.1 Å². The Labute approximate surface area is 263 Å². The van der Waals surface area contributed by atoms with Crippen LogP contribution < -0.4 is 21.1 Å². The second-order valence-corrected chi connectivity index (χ2v) is 10.8. The lowest BCUT2D eigenvalue weighted by molar-refractivity contribution is 0.0791. The Balaban J connectivity index is 1.24. The number of hydrogen-bond donors (Lipinski definition) is 4. The molecule has 0 aliphatic heterocycles. The van der Waals surface area contributed by atoms with E-state index in [1.165, 1.54) is 23.1 Å². The molecule has 1 saturated carbocycles. The Kier molecular flexibility index (Phi) is 10.0. The van der Waals surface area contributed by atoms with E-state index in [9.17, 15) is 19.2 Å². The number of nitrogens with one attached hydrogen (secondary N) is 2. The lowest BCUT2D eigenvalue weighted by Crippen LogP contribution is -2.28. The smallest absolute Gasteiger partial charge is 0.413 e. The summed E-state index contributed by atoms with van der Waals surface area (Å²) in [6, 6.07) is 9.62. The van der Waals surface area contributed by atoms with E-state index in [0.717, 1.165) is 31.9 Å². The minimum absolute atomic E-state index is 0.0344. The van der Waals surface area contributed by atoms with E-state index in [-0.39, 0.29) is 41.4 Å². The average molecular weight is 631 g/mol. The molecule has 0 atom stereocenters. The number of amides is 4. The summed E-state index contributed by atoms with van der Waals surface area (Å²) in [6.45, 7) is 1.24. The van der Waals surface area contributed by atoms with Crippen LogP contribution in [0.15, 0.2) is 59.5 Å². The minimum Gasteiger partial charge on any atom is -0.444 e. The monoisotopic (exact) mass is 630 g/mol. The number of carbonyl (C=O) groups excluding carboxylic acids is 4. The van der Waals surface area contributed by atoms with Crippen molar-refractivity contribution in [1.82, 2.24) is 30.0 Å². The van der Waals surface area contributed by atoms with Crippen LogP contribution in [0, 0.1) is 5.92 Å². The standard InChI is InChI=1S/C31H34N8O7/c1-38(13-3-2-4-14-40)30(43)20-7-9-22(10-8-20)39-17-23(26(37-39)27(32)41)35-28(42)24-18-45-29(36-24)21-11-12-33-25(15-21)46-31(44)34-16-19-5-6-19/h7-12,15,17-19,40H,2-6,13-14,16H2,1H3,(H2,32,41)(H,34,44)(H,35,42). The fraction of sp³-hybridized carbons (Fsp3) is 0.323. The van der Waals surface area contributed by atoms with Crippen LogP contribution in [-0.4, -0.2) is 80.3 Å². The van der Waals surface area contributed by atoms with Crippen molar-refractivity contribution in [3.8, 4) is 23.0 Å². The molecule has 5 N–H and O–H groups in total. The number of pyridine rings is 1. The van der Waals surface area contributed by atoms with Gasteiger partial charge in [-0.25, -0.2) is 19.4 Å². The Morgan fingerprint density at radius 1 is 1.13 bits per heavy atom. The van der Waals surface area contributed by atoms with Crippen molar-refractivity contribution < 1.29 is 33.4 Å². The summed E-state index contributed by atoms with van der Waals surface area (Å²) in [5.74, 6) is -1.11. The third-order valence-corrected chi connectivity index (χ3v) is 7.22. The van der Waals surface area contributed by atoms with Crippen LogP contribution in [-0.2, 0) is 0 Å². The van der Waals surface area contributed by atoms with Crippen LogP contribution in [0.3, 0.4) is 0 Å². The summed E-state index contributed by atoms with van der Waals surface area (Å²) in [7, 11) is 1.72. The fourth-order valence-corrected chi connectivity index (χ4v) is 4.47.